The van der Waals surface area contributed by atoms with Gasteiger partial charge in [-0.3, -0.25) is 4.84 Å². The van der Waals surface area contributed by atoms with Gasteiger partial charge in [-0.15, -0.1) is 0 Å². The zero-order valence-electron chi connectivity index (χ0n) is 20.0. The Bertz CT molecular complexity index is 809. The van der Waals surface area contributed by atoms with E-state index in [-0.39, 0.29) is 23.0 Å². The zero-order valence-corrected chi connectivity index (χ0v) is 20.0. The monoisotopic (exact) mass is 445 g/mol. The fraction of sp³-hybridized carbons (Fsp3) is 0.800. The Labute approximate surface area is 191 Å². The van der Waals surface area contributed by atoms with Gasteiger partial charge in [0.2, 0.25) is 0 Å². The number of carbonyl (C=O) groups is 2. The molecule has 0 aromatic carbocycles. The molecule has 2 amide bonds. The highest BCUT2D eigenvalue weighted by Crippen LogP contribution is 2.65. The van der Waals surface area contributed by atoms with Crippen LogP contribution in [-0.2, 0) is 9.57 Å². The molecule has 7 heteroatoms. The first kappa shape index (κ1) is 23.1. The van der Waals surface area contributed by atoms with E-state index >= 15 is 0 Å². The third-order valence-corrected chi connectivity index (χ3v) is 9.03. The van der Waals surface area contributed by atoms with E-state index in [1.807, 2.05) is 13.8 Å². The van der Waals surface area contributed by atoms with Gasteiger partial charge in [0.15, 0.2) is 0 Å². The summed E-state index contributed by atoms with van der Waals surface area (Å²) in [6.07, 6.45) is 10.1. The summed E-state index contributed by atoms with van der Waals surface area (Å²) in [6.45, 7) is 9.71. The molecule has 0 radical (unpaired) electrons. The number of fused-ring (bicyclic) bond motifs is 5. The molecule has 4 aliphatic carbocycles. The topological polar surface area (TPSA) is 89.0 Å². The number of ether oxygens (including phenoxy) is 1. The van der Waals surface area contributed by atoms with Crippen LogP contribution in [-0.4, -0.2) is 37.1 Å². The molecule has 0 saturated heterocycles. The fourth-order valence-corrected chi connectivity index (χ4v) is 7.38. The van der Waals surface area contributed by atoms with Gasteiger partial charge < -0.3 is 15.4 Å². The van der Waals surface area contributed by atoms with Gasteiger partial charge in [0.05, 0.1) is 5.71 Å². The Hall–Kier alpha value is -2.05. The summed E-state index contributed by atoms with van der Waals surface area (Å²) in [4.78, 5) is 28.7. The normalized spacial score (nSPS) is 39.2. The molecule has 6 atom stereocenters. The molecule has 32 heavy (non-hydrogen) atoms. The van der Waals surface area contributed by atoms with Crippen LogP contribution in [0.5, 0.6) is 0 Å². The van der Waals surface area contributed by atoms with Crippen LogP contribution in [0.1, 0.15) is 79.1 Å². The second-order valence-corrected chi connectivity index (χ2v) is 10.5. The number of nitrogens with zero attached hydrogens (tertiary/aromatic N) is 1. The fourth-order valence-electron chi connectivity index (χ4n) is 7.38. The smallest absolute Gasteiger partial charge is 0.433 e. The van der Waals surface area contributed by atoms with Crippen molar-refractivity contribution < 1.29 is 19.2 Å². The van der Waals surface area contributed by atoms with E-state index in [1.54, 1.807) is 0 Å². The summed E-state index contributed by atoms with van der Waals surface area (Å²) in [5, 5.41) is 9.53. The summed E-state index contributed by atoms with van der Waals surface area (Å²) in [5.41, 5.74) is 2.62. The molecule has 2 N–H and O–H groups in total. The van der Waals surface area contributed by atoms with Gasteiger partial charge in [-0.1, -0.05) is 24.6 Å². The minimum atomic E-state index is -0.493. The molecule has 3 saturated carbocycles. The van der Waals surface area contributed by atoms with Gasteiger partial charge in [0.1, 0.15) is 6.10 Å². The molecule has 7 nitrogen and oxygen atoms in total. The lowest BCUT2D eigenvalue weighted by Gasteiger charge is -2.57. The van der Waals surface area contributed by atoms with E-state index < -0.39 is 6.09 Å². The predicted octanol–water partition coefficient (Wildman–Crippen LogP) is 5.17. The Kier molecular flexibility index (Phi) is 6.55. The molecule has 0 bridgehead atoms. The van der Waals surface area contributed by atoms with E-state index in [9.17, 15) is 9.59 Å². The van der Waals surface area contributed by atoms with E-state index in [0.29, 0.717) is 30.8 Å². The molecule has 0 aromatic heterocycles. The number of nitrogens with one attached hydrogen (secondary N) is 2. The maximum absolute atomic E-state index is 12.1. The van der Waals surface area contributed by atoms with Gasteiger partial charge >= 0.3 is 12.2 Å². The third-order valence-electron chi connectivity index (χ3n) is 9.03. The molecule has 178 valence electrons. The Balaban J connectivity index is 1.48. The molecule has 4 aliphatic rings. The first-order valence-corrected chi connectivity index (χ1v) is 12.5. The second kappa shape index (κ2) is 9.06. The minimum absolute atomic E-state index is 0.0289. The van der Waals surface area contributed by atoms with E-state index in [0.717, 1.165) is 44.2 Å². The quantitative estimate of drug-likeness (QED) is 0.462. The molecular weight excluding hydrogens is 406 g/mol. The number of hydrogen-bond acceptors (Lipinski definition) is 5. The average molecular weight is 446 g/mol. The van der Waals surface area contributed by atoms with Crippen molar-refractivity contribution in [1.29, 1.82) is 0 Å². The highest BCUT2D eigenvalue weighted by atomic mass is 16.7. The predicted molar refractivity (Wildman–Crippen MR) is 123 cm³/mol. The minimum Gasteiger partial charge on any atom is -0.446 e. The maximum Gasteiger partial charge on any atom is 0.433 e. The van der Waals surface area contributed by atoms with Crippen LogP contribution in [0.3, 0.4) is 0 Å². The largest absolute Gasteiger partial charge is 0.446 e. The highest BCUT2D eigenvalue weighted by molar-refractivity contribution is 5.96. The Morgan fingerprint density at radius 1 is 1.00 bits per heavy atom. The second-order valence-electron chi connectivity index (χ2n) is 10.5. The van der Waals surface area contributed by atoms with Crippen LogP contribution in [0.4, 0.5) is 9.59 Å². The first-order chi connectivity index (χ1) is 15.3. The van der Waals surface area contributed by atoms with Crippen molar-refractivity contribution in [1.82, 2.24) is 10.6 Å². The lowest BCUT2D eigenvalue weighted by atomic mass is 9.47. The number of amides is 2. The Morgan fingerprint density at radius 2 is 1.75 bits per heavy atom. The number of oxime groups is 1. The van der Waals surface area contributed by atoms with Crippen molar-refractivity contribution in [3.8, 4) is 0 Å². The summed E-state index contributed by atoms with van der Waals surface area (Å²) in [5.74, 6) is 1.97. The molecular formula is C25H39N3O4. The molecule has 0 spiro atoms. The van der Waals surface area contributed by atoms with E-state index in [1.165, 1.54) is 18.4 Å². The number of carbonyl (C=O) groups excluding carboxylic acids is 2. The molecule has 0 heterocycles. The Morgan fingerprint density at radius 3 is 2.50 bits per heavy atom. The van der Waals surface area contributed by atoms with Crippen molar-refractivity contribution >= 4 is 17.9 Å². The molecule has 0 aromatic rings. The first-order valence-electron chi connectivity index (χ1n) is 12.5. The van der Waals surface area contributed by atoms with Crippen molar-refractivity contribution in [2.24, 2.45) is 33.7 Å². The average Bonchev–Trinajstić information content (AvgIpc) is 3.08. The lowest BCUT2D eigenvalue weighted by Crippen LogP contribution is -2.52. The van der Waals surface area contributed by atoms with Crippen molar-refractivity contribution in [3.63, 3.8) is 0 Å². The molecule has 0 aliphatic heterocycles. The third kappa shape index (κ3) is 4.03. The standard InChI is InChI=1S/C25H39N3O4/c1-5-26-22(29)31-21-10-9-19-18-8-7-16-15-17(28-32-23(30)27-6-2)11-13-24(16,3)20(18)12-14-25(19,21)4/h15,18-21H,5-14H2,1-4H3,(H,26,29)(H,27,30)/b28-17-/t18-,19-,20-,21-,24-,25-/m0/s1. The van der Waals surface area contributed by atoms with Crippen molar-refractivity contribution in [3.05, 3.63) is 11.6 Å². The van der Waals surface area contributed by atoms with Crippen LogP contribution < -0.4 is 10.6 Å². The molecule has 4 rings (SSSR count). The van der Waals surface area contributed by atoms with Crippen LogP contribution >= 0.6 is 0 Å². The number of hydrogen-bond donors (Lipinski definition) is 2. The van der Waals surface area contributed by atoms with Gasteiger partial charge in [0, 0.05) is 18.5 Å². The van der Waals surface area contributed by atoms with Crippen molar-refractivity contribution in [2.45, 2.75) is 85.2 Å². The van der Waals surface area contributed by atoms with Crippen molar-refractivity contribution in [2.75, 3.05) is 13.1 Å². The van der Waals surface area contributed by atoms with Crippen LogP contribution in [0.15, 0.2) is 16.8 Å². The van der Waals surface area contributed by atoms with E-state index in [2.05, 4.69) is 35.7 Å². The molecule has 0 unspecified atom stereocenters. The number of rotatable bonds is 4. The number of alkyl carbamates (subject to hydrolysis) is 1. The highest BCUT2D eigenvalue weighted by Gasteiger charge is 2.59. The summed E-state index contributed by atoms with van der Waals surface area (Å²) in [7, 11) is 0. The summed E-state index contributed by atoms with van der Waals surface area (Å²) in [6, 6.07) is 0. The maximum atomic E-state index is 12.1. The summed E-state index contributed by atoms with van der Waals surface area (Å²) >= 11 is 0. The van der Waals surface area contributed by atoms with Crippen LogP contribution in [0.25, 0.3) is 0 Å². The number of allylic oxidation sites excluding steroid dienone is 2. The summed E-state index contributed by atoms with van der Waals surface area (Å²) < 4.78 is 5.89. The molecule has 3 fully saturated rings. The zero-order chi connectivity index (χ0) is 22.9. The SMILES string of the molecule is CCNC(=O)O/N=C1\C=C2CC[C@H]3[C@@H]4CC[C@H](OC(=O)NCC)[C@@]4(C)CC[C@@H]3[C@@]2(C)CC1. The van der Waals surface area contributed by atoms with Crippen LogP contribution in [0, 0.1) is 28.6 Å². The van der Waals surface area contributed by atoms with Gasteiger partial charge in [0.25, 0.3) is 0 Å². The lowest BCUT2D eigenvalue weighted by molar-refractivity contribution is -0.0751. The van der Waals surface area contributed by atoms with Gasteiger partial charge in [-0.05, 0) is 94.5 Å². The van der Waals surface area contributed by atoms with Crippen LogP contribution in [0.2, 0.25) is 0 Å². The van der Waals surface area contributed by atoms with E-state index in [4.69, 9.17) is 9.57 Å². The van der Waals surface area contributed by atoms with Gasteiger partial charge in [-0.25, -0.2) is 9.59 Å². The van der Waals surface area contributed by atoms with Gasteiger partial charge in [-0.2, -0.15) is 0 Å².